The molecule has 0 amide bonds. The maximum absolute atomic E-state index is 13.6. The van der Waals surface area contributed by atoms with E-state index >= 15 is 0 Å². The fourth-order valence-corrected chi connectivity index (χ4v) is 8.49. The van der Waals surface area contributed by atoms with Gasteiger partial charge in [0.05, 0.1) is 0 Å². The van der Waals surface area contributed by atoms with Crippen LogP contribution in [0.1, 0.15) is 80.1 Å². The summed E-state index contributed by atoms with van der Waals surface area (Å²) >= 11 is 0. The first-order chi connectivity index (χ1) is 13.4. The zero-order valence-corrected chi connectivity index (χ0v) is 18.7. The van der Waals surface area contributed by atoms with Crippen molar-refractivity contribution in [3.05, 3.63) is 0 Å². The van der Waals surface area contributed by atoms with E-state index in [-0.39, 0.29) is 52.2 Å². The Morgan fingerprint density at radius 1 is 1.00 bits per heavy atom. The van der Waals surface area contributed by atoms with Gasteiger partial charge < -0.3 is 9.47 Å². The molecule has 4 rings (SSSR count). The molecule has 1 spiro atoms. The minimum absolute atomic E-state index is 0.0589. The molecule has 0 N–H and O–H groups in total. The fourth-order valence-electron chi connectivity index (χ4n) is 8.49. The molecule has 4 saturated carbocycles. The zero-order valence-electron chi connectivity index (χ0n) is 18.7. The second-order valence-electron chi connectivity index (χ2n) is 11.2. The van der Waals surface area contributed by atoms with Gasteiger partial charge in [0, 0.05) is 36.5 Å². The molecule has 2 bridgehead atoms. The molecular formula is C24H36O5. The van der Waals surface area contributed by atoms with Gasteiger partial charge >= 0.3 is 11.9 Å². The molecule has 29 heavy (non-hydrogen) atoms. The molecule has 0 aliphatic heterocycles. The van der Waals surface area contributed by atoms with Crippen LogP contribution in [-0.4, -0.2) is 29.9 Å². The van der Waals surface area contributed by atoms with Crippen LogP contribution in [0.5, 0.6) is 0 Å². The smallest absolute Gasteiger partial charge is 0.302 e. The van der Waals surface area contributed by atoms with Crippen molar-refractivity contribution in [2.45, 2.75) is 92.3 Å². The third-order valence-corrected chi connectivity index (χ3v) is 9.42. The summed E-state index contributed by atoms with van der Waals surface area (Å²) in [6, 6.07) is 0. The number of ether oxygens (including phenoxy) is 2. The Morgan fingerprint density at radius 3 is 2.28 bits per heavy atom. The Kier molecular flexibility index (Phi) is 4.71. The molecular weight excluding hydrogens is 368 g/mol. The molecule has 0 heterocycles. The highest BCUT2D eigenvalue weighted by atomic mass is 16.5. The number of carbonyl (C=O) groups excluding carboxylic acids is 3. The first kappa shape index (κ1) is 20.9. The summed E-state index contributed by atoms with van der Waals surface area (Å²) in [6.07, 6.45) is 4.99. The topological polar surface area (TPSA) is 69.7 Å². The summed E-state index contributed by atoms with van der Waals surface area (Å²) in [6.45, 7) is 11.8. The Balaban J connectivity index is 1.77. The van der Waals surface area contributed by atoms with Crippen molar-refractivity contribution in [1.29, 1.82) is 0 Å². The predicted octanol–water partition coefficient (Wildman–Crippen LogP) is 4.32. The maximum atomic E-state index is 13.6. The van der Waals surface area contributed by atoms with Gasteiger partial charge in [-0.2, -0.15) is 0 Å². The maximum Gasteiger partial charge on any atom is 0.302 e. The molecule has 4 aliphatic carbocycles. The van der Waals surface area contributed by atoms with Crippen LogP contribution in [0, 0.1) is 39.9 Å². The van der Waals surface area contributed by atoms with E-state index in [4.69, 9.17) is 9.47 Å². The van der Waals surface area contributed by atoms with Crippen LogP contribution in [0.25, 0.3) is 0 Å². The van der Waals surface area contributed by atoms with Gasteiger partial charge in [0.15, 0.2) is 0 Å². The normalized spacial score (nSPS) is 47.7. The van der Waals surface area contributed by atoms with Crippen LogP contribution in [-0.2, 0) is 23.9 Å². The van der Waals surface area contributed by atoms with Crippen molar-refractivity contribution < 1.29 is 23.9 Å². The van der Waals surface area contributed by atoms with Crippen LogP contribution in [0.15, 0.2) is 0 Å². The van der Waals surface area contributed by atoms with Crippen molar-refractivity contribution in [2.24, 2.45) is 39.9 Å². The molecule has 0 aromatic rings. The third kappa shape index (κ3) is 2.82. The molecule has 4 aliphatic rings. The summed E-state index contributed by atoms with van der Waals surface area (Å²) in [5, 5.41) is 0. The van der Waals surface area contributed by atoms with Gasteiger partial charge in [-0.3, -0.25) is 14.4 Å². The van der Waals surface area contributed by atoms with Crippen LogP contribution < -0.4 is 0 Å². The van der Waals surface area contributed by atoms with Crippen molar-refractivity contribution in [1.82, 2.24) is 0 Å². The number of Topliss-reactive ketones (excluding diaryl/α,β-unsaturated/α-hetero) is 1. The minimum atomic E-state index is -0.349. The third-order valence-electron chi connectivity index (χ3n) is 9.42. The molecule has 8 atom stereocenters. The molecule has 0 radical (unpaired) electrons. The van der Waals surface area contributed by atoms with E-state index in [1.54, 1.807) is 0 Å². The van der Waals surface area contributed by atoms with Crippen LogP contribution in [0.3, 0.4) is 0 Å². The highest BCUT2D eigenvalue weighted by Crippen LogP contribution is 2.71. The first-order valence-electron chi connectivity index (χ1n) is 11.3. The molecule has 1 unspecified atom stereocenters. The van der Waals surface area contributed by atoms with Crippen LogP contribution in [0.2, 0.25) is 0 Å². The average Bonchev–Trinajstić information content (AvgIpc) is 2.78. The van der Waals surface area contributed by atoms with Crippen molar-refractivity contribution in [2.75, 3.05) is 0 Å². The van der Waals surface area contributed by atoms with E-state index in [0.717, 1.165) is 38.5 Å². The molecule has 4 fully saturated rings. The molecule has 162 valence electrons. The molecule has 0 aromatic carbocycles. The SMILES string of the molecule is CC(=O)O[C@H]1C[C@H]2C[C@@]3(CCC4C(C)(C)[C@H](OC(C)=O)CC[C@@]4(C)[C@H]13)C(=O)[C@@H]2C. The molecule has 5 nitrogen and oxygen atoms in total. The van der Waals surface area contributed by atoms with Gasteiger partial charge in [-0.05, 0) is 55.8 Å². The molecule has 0 aromatic heterocycles. The largest absolute Gasteiger partial charge is 0.462 e. The summed E-state index contributed by atoms with van der Waals surface area (Å²) in [5.41, 5.74) is -0.633. The number of hydrogen-bond acceptors (Lipinski definition) is 5. The summed E-state index contributed by atoms with van der Waals surface area (Å²) < 4.78 is 11.7. The Bertz CT molecular complexity index is 742. The highest BCUT2D eigenvalue weighted by molar-refractivity contribution is 5.90. The Hall–Kier alpha value is -1.39. The van der Waals surface area contributed by atoms with Gasteiger partial charge in [0.2, 0.25) is 0 Å². The lowest BCUT2D eigenvalue weighted by atomic mass is 9.40. The van der Waals surface area contributed by atoms with Gasteiger partial charge in [0.25, 0.3) is 0 Å². The van der Waals surface area contributed by atoms with Gasteiger partial charge in [-0.1, -0.05) is 27.7 Å². The standard InChI is InChI=1S/C24H36O5/c1-13-16-11-17(28-14(2)25)20-23(6)9-8-19(29-15(3)26)22(4,5)18(23)7-10-24(20,12-16)21(13)27/h13,16-20H,7-12H2,1-6H3/t13-,16+,17+,18?,19-,20+,23-,24-/m1/s1. The quantitative estimate of drug-likeness (QED) is 0.641. The predicted molar refractivity (Wildman–Crippen MR) is 108 cm³/mol. The summed E-state index contributed by atoms with van der Waals surface area (Å²) in [5.74, 6) is 0.701. The van der Waals surface area contributed by atoms with E-state index in [0.29, 0.717) is 17.6 Å². The lowest BCUT2D eigenvalue weighted by Crippen LogP contribution is -2.64. The number of carbonyl (C=O) groups is 3. The molecule has 5 heteroatoms. The van der Waals surface area contributed by atoms with Crippen molar-refractivity contribution in [3.8, 4) is 0 Å². The first-order valence-corrected chi connectivity index (χ1v) is 11.3. The van der Waals surface area contributed by atoms with Gasteiger partial charge in [-0.15, -0.1) is 0 Å². The van der Waals surface area contributed by atoms with Crippen LogP contribution in [0.4, 0.5) is 0 Å². The fraction of sp³-hybridized carbons (Fsp3) is 0.875. The van der Waals surface area contributed by atoms with E-state index < -0.39 is 0 Å². The zero-order chi connectivity index (χ0) is 21.4. The van der Waals surface area contributed by atoms with Gasteiger partial charge in [0.1, 0.15) is 18.0 Å². The second kappa shape index (κ2) is 6.55. The van der Waals surface area contributed by atoms with Crippen LogP contribution >= 0.6 is 0 Å². The lowest BCUT2D eigenvalue weighted by molar-refractivity contribution is -0.221. The second-order valence-corrected chi connectivity index (χ2v) is 11.2. The lowest BCUT2D eigenvalue weighted by Gasteiger charge is -2.65. The number of rotatable bonds is 2. The Labute approximate surface area is 174 Å². The molecule has 0 saturated heterocycles. The summed E-state index contributed by atoms with van der Waals surface area (Å²) in [4.78, 5) is 37.2. The van der Waals surface area contributed by atoms with E-state index in [1.165, 1.54) is 13.8 Å². The number of esters is 2. The van der Waals surface area contributed by atoms with Crippen molar-refractivity contribution in [3.63, 3.8) is 0 Å². The number of fused-ring (bicyclic) bond motifs is 3. The number of hydrogen-bond donors (Lipinski definition) is 0. The number of ketones is 1. The van der Waals surface area contributed by atoms with E-state index in [1.807, 2.05) is 0 Å². The minimum Gasteiger partial charge on any atom is -0.462 e. The van der Waals surface area contributed by atoms with Crippen molar-refractivity contribution >= 4 is 17.7 Å². The average molecular weight is 405 g/mol. The summed E-state index contributed by atoms with van der Waals surface area (Å²) in [7, 11) is 0. The van der Waals surface area contributed by atoms with Gasteiger partial charge in [-0.25, -0.2) is 0 Å². The van der Waals surface area contributed by atoms with E-state index in [2.05, 4.69) is 27.7 Å². The monoisotopic (exact) mass is 404 g/mol. The Morgan fingerprint density at radius 2 is 1.66 bits per heavy atom. The van der Waals surface area contributed by atoms with E-state index in [9.17, 15) is 14.4 Å². The highest BCUT2D eigenvalue weighted by Gasteiger charge is 2.71.